The average Bonchev–Trinajstić information content (AvgIpc) is 2.72. The van der Waals surface area contributed by atoms with Gasteiger partial charge in [0.05, 0.1) is 0 Å². The SMILES string of the molecule is C=C(C)C1CC(C2CCCCC2)C(=O)CC1c1c(O)cc(C(C)(C)CCCC)cc1O. The van der Waals surface area contributed by atoms with Crippen molar-refractivity contribution in [3.8, 4) is 11.5 Å². The van der Waals surface area contributed by atoms with Gasteiger partial charge >= 0.3 is 0 Å². The minimum Gasteiger partial charge on any atom is -0.508 e. The number of rotatable bonds is 7. The van der Waals surface area contributed by atoms with Crippen LogP contribution in [0.25, 0.3) is 0 Å². The summed E-state index contributed by atoms with van der Waals surface area (Å²) in [5.41, 5.74) is 2.42. The number of carbonyl (C=O) groups excluding carboxylic acids is 1. The van der Waals surface area contributed by atoms with Crippen LogP contribution in [0.5, 0.6) is 11.5 Å². The van der Waals surface area contributed by atoms with Crippen LogP contribution in [-0.4, -0.2) is 16.0 Å². The number of phenolic OH excluding ortho intramolecular Hbond substituents is 2. The Morgan fingerprint density at radius 1 is 1.10 bits per heavy atom. The molecule has 3 unspecified atom stereocenters. The van der Waals surface area contributed by atoms with E-state index >= 15 is 0 Å². The van der Waals surface area contributed by atoms with E-state index in [2.05, 4.69) is 27.4 Å². The van der Waals surface area contributed by atoms with E-state index < -0.39 is 0 Å². The highest BCUT2D eigenvalue weighted by Crippen LogP contribution is 2.51. The summed E-state index contributed by atoms with van der Waals surface area (Å²) in [6.45, 7) is 12.8. The molecular weight excluding hydrogens is 384 g/mol. The molecule has 0 bridgehead atoms. The number of hydrogen-bond acceptors (Lipinski definition) is 3. The predicted octanol–water partition coefficient (Wildman–Crippen LogP) is 7.40. The van der Waals surface area contributed by atoms with Crippen molar-refractivity contribution in [2.75, 3.05) is 0 Å². The van der Waals surface area contributed by atoms with Gasteiger partial charge in [0.2, 0.25) is 0 Å². The Bertz CT molecular complexity index is 777. The fraction of sp³-hybridized carbons (Fsp3) is 0.679. The highest BCUT2D eigenvalue weighted by Gasteiger charge is 2.42. The van der Waals surface area contributed by atoms with Gasteiger partial charge < -0.3 is 10.2 Å². The summed E-state index contributed by atoms with van der Waals surface area (Å²) in [4.78, 5) is 13.2. The summed E-state index contributed by atoms with van der Waals surface area (Å²) < 4.78 is 0. The summed E-state index contributed by atoms with van der Waals surface area (Å²) >= 11 is 0. The monoisotopic (exact) mass is 426 g/mol. The number of aromatic hydroxyl groups is 2. The van der Waals surface area contributed by atoms with E-state index in [1.165, 1.54) is 19.3 Å². The van der Waals surface area contributed by atoms with Gasteiger partial charge in [-0.1, -0.05) is 65.0 Å². The maximum atomic E-state index is 13.2. The van der Waals surface area contributed by atoms with Gasteiger partial charge in [0, 0.05) is 23.8 Å². The fourth-order valence-corrected chi connectivity index (χ4v) is 6.08. The lowest BCUT2D eigenvalue weighted by Crippen LogP contribution is -2.36. The van der Waals surface area contributed by atoms with E-state index in [1.54, 1.807) is 0 Å². The molecule has 0 amide bonds. The Balaban J connectivity index is 1.90. The first-order valence-electron chi connectivity index (χ1n) is 12.4. The molecular formula is C28H42O3. The molecule has 0 saturated heterocycles. The van der Waals surface area contributed by atoms with Gasteiger partial charge in [-0.25, -0.2) is 0 Å². The van der Waals surface area contributed by atoms with Crippen molar-refractivity contribution in [3.05, 3.63) is 35.4 Å². The van der Waals surface area contributed by atoms with Gasteiger partial charge in [0.25, 0.3) is 0 Å². The molecule has 2 fully saturated rings. The van der Waals surface area contributed by atoms with Crippen molar-refractivity contribution in [1.82, 2.24) is 0 Å². The molecule has 0 radical (unpaired) electrons. The number of allylic oxidation sites excluding steroid dienone is 1. The maximum Gasteiger partial charge on any atom is 0.136 e. The summed E-state index contributed by atoms with van der Waals surface area (Å²) in [5, 5.41) is 22.0. The van der Waals surface area contributed by atoms with Crippen LogP contribution in [0.1, 0.15) is 109 Å². The van der Waals surface area contributed by atoms with Crippen LogP contribution in [0, 0.1) is 17.8 Å². The zero-order valence-electron chi connectivity index (χ0n) is 20.0. The Hall–Kier alpha value is -1.77. The molecule has 3 nitrogen and oxygen atoms in total. The van der Waals surface area contributed by atoms with Crippen molar-refractivity contribution in [3.63, 3.8) is 0 Å². The van der Waals surface area contributed by atoms with Crippen molar-refractivity contribution in [1.29, 1.82) is 0 Å². The number of carbonyl (C=O) groups is 1. The molecule has 0 spiro atoms. The molecule has 3 atom stereocenters. The predicted molar refractivity (Wildman–Crippen MR) is 128 cm³/mol. The normalized spacial score (nSPS) is 25.5. The first-order chi connectivity index (χ1) is 14.7. The van der Waals surface area contributed by atoms with Gasteiger partial charge in [-0.05, 0) is 67.6 Å². The smallest absolute Gasteiger partial charge is 0.136 e. The van der Waals surface area contributed by atoms with Crippen LogP contribution in [0.3, 0.4) is 0 Å². The van der Waals surface area contributed by atoms with Gasteiger partial charge in [-0.3, -0.25) is 4.79 Å². The van der Waals surface area contributed by atoms with E-state index in [9.17, 15) is 15.0 Å². The standard InChI is InChI=1S/C28H42O3/c1-6-7-13-28(4,5)20-14-25(30)27(26(31)15-20)23-17-24(29)22(16-21(23)18(2)3)19-11-9-8-10-12-19/h14-15,19,21-23,30-31H,2,6-13,16-17H2,1,3-5H3. The largest absolute Gasteiger partial charge is 0.508 e. The quantitative estimate of drug-likeness (QED) is 0.447. The number of ketones is 1. The Labute approximate surface area is 189 Å². The van der Waals surface area contributed by atoms with Crippen LogP contribution in [-0.2, 0) is 10.2 Å². The molecule has 3 rings (SSSR count). The highest BCUT2D eigenvalue weighted by molar-refractivity contribution is 5.83. The van der Waals surface area contributed by atoms with Crippen LogP contribution in [0.2, 0.25) is 0 Å². The molecule has 2 aliphatic rings. The molecule has 1 aromatic rings. The van der Waals surface area contributed by atoms with Crippen LogP contribution in [0.4, 0.5) is 0 Å². The zero-order valence-corrected chi connectivity index (χ0v) is 20.0. The van der Waals surface area contributed by atoms with Crippen molar-refractivity contribution in [2.24, 2.45) is 17.8 Å². The minimum atomic E-state index is -0.197. The van der Waals surface area contributed by atoms with E-state index in [4.69, 9.17) is 0 Å². The highest BCUT2D eigenvalue weighted by atomic mass is 16.3. The summed E-state index contributed by atoms with van der Waals surface area (Å²) in [6, 6.07) is 3.63. The lowest BCUT2D eigenvalue weighted by atomic mass is 9.63. The molecule has 2 aliphatic carbocycles. The lowest BCUT2D eigenvalue weighted by Gasteiger charge is -2.40. The topological polar surface area (TPSA) is 57.5 Å². The second-order valence-corrected chi connectivity index (χ2v) is 10.9. The van der Waals surface area contributed by atoms with Crippen LogP contribution >= 0.6 is 0 Å². The maximum absolute atomic E-state index is 13.2. The summed E-state index contributed by atoms with van der Waals surface area (Å²) in [7, 11) is 0. The molecule has 3 heteroatoms. The van der Waals surface area contributed by atoms with Crippen LogP contribution < -0.4 is 0 Å². The van der Waals surface area contributed by atoms with Gasteiger partial charge in [-0.15, -0.1) is 0 Å². The summed E-state index contributed by atoms with van der Waals surface area (Å²) in [5.74, 6) is 1.07. The van der Waals surface area contributed by atoms with Gasteiger partial charge in [0.15, 0.2) is 0 Å². The Morgan fingerprint density at radius 3 is 2.26 bits per heavy atom. The molecule has 31 heavy (non-hydrogen) atoms. The third kappa shape index (κ3) is 5.18. The lowest BCUT2D eigenvalue weighted by molar-refractivity contribution is -0.128. The van der Waals surface area contributed by atoms with E-state index in [1.807, 2.05) is 19.1 Å². The van der Waals surface area contributed by atoms with E-state index in [0.29, 0.717) is 23.7 Å². The molecule has 172 valence electrons. The molecule has 2 saturated carbocycles. The Morgan fingerprint density at radius 2 is 1.71 bits per heavy atom. The fourth-order valence-electron chi connectivity index (χ4n) is 6.08. The van der Waals surface area contributed by atoms with E-state index in [0.717, 1.165) is 49.7 Å². The van der Waals surface area contributed by atoms with E-state index in [-0.39, 0.29) is 34.7 Å². The molecule has 0 aliphatic heterocycles. The zero-order chi connectivity index (χ0) is 22.8. The third-order valence-corrected chi connectivity index (χ3v) is 8.12. The number of hydrogen-bond donors (Lipinski definition) is 2. The first kappa shape index (κ1) is 23.9. The van der Waals surface area contributed by atoms with Crippen molar-refractivity contribution in [2.45, 2.75) is 103 Å². The van der Waals surface area contributed by atoms with Gasteiger partial charge in [0.1, 0.15) is 17.3 Å². The first-order valence-corrected chi connectivity index (χ1v) is 12.4. The summed E-state index contributed by atoms with van der Waals surface area (Å²) in [6.07, 6.45) is 10.5. The number of phenols is 2. The van der Waals surface area contributed by atoms with Crippen molar-refractivity contribution < 1.29 is 15.0 Å². The average molecular weight is 427 g/mol. The van der Waals surface area contributed by atoms with Crippen LogP contribution in [0.15, 0.2) is 24.3 Å². The number of unbranched alkanes of at least 4 members (excludes halogenated alkanes) is 1. The molecule has 0 heterocycles. The second kappa shape index (κ2) is 9.79. The number of benzene rings is 1. The van der Waals surface area contributed by atoms with Gasteiger partial charge in [-0.2, -0.15) is 0 Å². The third-order valence-electron chi connectivity index (χ3n) is 8.12. The molecule has 1 aromatic carbocycles. The Kier molecular flexibility index (Phi) is 7.55. The molecule has 0 aromatic heterocycles. The van der Waals surface area contributed by atoms with Crippen molar-refractivity contribution >= 4 is 5.78 Å². The number of Topliss-reactive ketones (excluding diaryl/α,β-unsaturated/α-hetero) is 1. The molecule has 2 N–H and O–H groups in total. The second-order valence-electron chi connectivity index (χ2n) is 10.9. The minimum absolute atomic E-state index is 0.106.